The Morgan fingerprint density at radius 1 is 1.43 bits per heavy atom. The highest BCUT2D eigenvalue weighted by molar-refractivity contribution is 6.32. The van der Waals surface area contributed by atoms with Crippen LogP contribution in [0.4, 0.5) is 0 Å². The van der Waals surface area contributed by atoms with E-state index in [0.29, 0.717) is 10.7 Å². The third-order valence-electron chi connectivity index (χ3n) is 2.87. The monoisotopic (exact) mass is 302 g/mol. The van der Waals surface area contributed by atoms with E-state index >= 15 is 0 Å². The lowest BCUT2D eigenvalue weighted by atomic mass is 10.0. The maximum atomic E-state index is 12.1. The Kier molecular flexibility index (Phi) is 4.36. The molecule has 0 saturated heterocycles. The average Bonchev–Trinajstić information content (AvgIpc) is 2.97. The molecule has 0 radical (unpaired) electrons. The summed E-state index contributed by atoms with van der Waals surface area (Å²) in [7, 11) is 1.37. The van der Waals surface area contributed by atoms with Crippen LogP contribution in [0.1, 0.15) is 10.4 Å². The van der Waals surface area contributed by atoms with Gasteiger partial charge in [0.1, 0.15) is 0 Å². The minimum absolute atomic E-state index is 0.171. The molecular formula is C14H11ClN4O2. The third kappa shape index (κ3) is 2.93. The normalized spacial score (nSPS) is 11.5. The molecule has 0 bridgehead atoms. The second-order valence-corrected chi connectivity index (χ2v) is 4.57. The van der Waals surface area contributed by atoms with Crippen molar-refractivity contribution in [2.75, 3.05) is 7.05 Å². The predicted molar refractivity (Wildman–Crippen MR) is 76.1 cm³/mol. The first kappa shape index (κ1) is 14.8. The van der Waals surface area contributed by atoms with Crippen molar-refractivity contribution < 1.29 is 9.59 Å². The number of nitrogens with zero attached hydrogens (tertiary/aromatic N) is 3. The van der Waals surface area contributed by atoms with Gasteiger partial charge in [0.15, 0.2) is 11.7 Å². The summed E-state index contributed by atoms with van der Waals surface area (Å²) >= 11 is 6.05. The molecule has 1 heterocycles. The molecule has 0 aliphatic carbocycles. The van der Waals surface area contributed by atoms with Crippen molar-refractivity contribution in [3.8, 4) is 11.8 Å². The molecular weight excluding hydrogens is 292 g/mol. The van der Waals surface area contributed by atoms with E-state index in [1.165, 1.54) is 24.1 Å². The minimum atomic E-state index is -1.39. The van der Waals surface area contributed by atoms with Crippen molar-refractivity contribution >= 4 is 23.3 Å². The lowest BCUT2D eigenvalue weighted by Crippen LogP contribution is -2.32. The van der Waals surface area contributed by atoms with Crippen LogP contribution < -0.4 is 5.32 Å². The highest BCUT2D eigenvalue weighted by atomic mass is 35.5. The predicted octanol–water partition coefficient (Wildman–Crippen LogP) is 1.59. The van der Waals surface area contributed by atoms with Gasteiger partial charge in [0.05, 0.1) is 28.5 Å². The summed E-state index contributed by atoms with van der Waals surface area (Å²) in [5.74, 6) is -2.64. The van der Waals surface area contributed by atoms with E-state index in [-0.39, 0.29) is 5.56 Å². The molecule has 0 aliphatic heterocycles. The number of aromatic nitrogens is 2. The molecule has 0 spiro atoms. The molecule has 0 fully saturated rings. The summed E-state index contributed by atoms with van der Waals surface area (Å²) in [6.07, 6.45) is 2.75. The van der Waals surface area contributed by atoms with Gasteiger partial charge in [0, 0.05) is 13.2 Å². The van der Waals surface area contributed by atoms with Crippen LogP contribution in [-0.4, -0.2) is 28.5 Å². The van der Waals surface area contributed by atoms with E-state index in [1.54, 1.807) is 30.3 Å². The Labute approximate surface area is 125 Å². The number of para-hydroxylation sites is 1. The molecule has 0 unspecified atom stereocenters. The number of nitrogens with one attached hydrogen (secondary N) is 1. The van der Waals surface area contributed by atoms with E-state index in [0.717, 1.165) is 0 Å². The summed E-state index contributed by atoms with van der Waals surface area (Å²) in [5, 5.41) is 15.7. The van der Waals surface area contributed by atoms with Gasteiger partial charge in [-0.3, -0.25) is 9.59 Å². The fraction of sp³-hybridized carbons (Fsp3) is 0.143. The van der Waals surface area contributed by atoms with Gasteiger partial charge in [-0.15, -0.1) is 0 Å². The minimum Gasteiger partial charge on any atom is -0.358 e. The first-order valence-corrected chi connectivity index (χ1v) is 6.41. The highest BCUT2D eigenvalue weighted by Crippen LogP contribution is 2.20. The van der Waals surface area contributed by atoms with E-state index in [2.05, 4.69) is 10.4 Å². The van der Waals surface area contributed by atoms with Crippen LogP contribution in [0, 0.1) is 17.2 Å². The molecule has 0 aliphatic rings. The Morgan fingerprint density at radius 2 is 2.14 bits per heavy atom. The molecule has 106 valence electrons. The number of hydrogen-bond acceptors (Lipinski definition) is 4. The second-order valence-electron chi connectivity index (χ2n) is 4.17. The van der Waals surface area contributed by atoms with Gasteiger partial charge in [0.25, 0.3) is 0 Å². The zero-order valence-corrected chi connectivity index (χ0v) is 11.8. The van der Waals surface area contributed by atoms with E-state index in [9.17, 15) is 9.59 Å². The molecule has 6 nitrogen and oxygen atoms in total. The Morgan fingerprint density at radius 3 is 2.76 bits per heavy atom. The van der Waals surface area contributed by atoms with Crippen LogP contribution in [0.3, 0.4) is 0 Å². The van der Waals surface area contributed by atoms with E-state index in [1.807, 2.05) is 0 Å². The molecule has 1 aromatic heterocycles. The second kappa shape index (κ2) is 6.20. The fourth-order valence-corrected chi connectivity index (χ4v) is 1.99. The first-order valence-electron chi connectivity index (χ1n) is 6.03. The molecule has 7 heteroatoms. The number of halogens is 1. The van der Waals surface area contributed by atoms with E-state index < -0.39 is 17.6 Å². The highest BCUT2D eigenvalue weighted by Gasteiger charge is 2.27. The lowest BCUT2D eigenvalue weighted by molar-refractivity contribution is -0.121. The summed E-state index contributed by atoms with van der Waals surface area (Å²) in [6, 6.07) is 8.69. The summed E-state index contributed by atoms with van der Waals surface area (Å²) in [6.45, 7) is 0. The number of Topliss-reactive ketones (excluding diaryl/α,β-unsaturated/α-hetero) is 1. The molecule has 2 rings (SSSR count). The van der Waals surface area contributed by atoms with Gasteiger partial charge >= 0.3 is 0 Å². The molecule has 21 heavy (non-hydrogen) atoms. The SMILES string of the molecule is CNC(=O)[C@H](C#N)C(=O)c1cnn(-c2ccccc2Cl)c1. The van der Waals surface area contributed by atoms with Crippen LogP contribution in [0.25, 0.3) is 5.69 Å². The van der Waals surface area contributed by atoms with Crippen molar-refractivity contribution in [3.05, 3.63) is 47.2 Å². The van der Waals surface area contributed by atoms with Gasteiger partial charge in [-0.2, -0.15) is 10.4 Å². The summed E-state index contributed by atoms with van der Waals surface area (Å²) < 4.78 is 1.42. The van der Waals surface area contributed by atoms with Crippen LogP contribution in [0.5, 0.6) is 0 Å². The van der Waals surface area contributed by atoms with Crippen LogP contribution in [-0.2, 0) is 4.79 Å². The third-order valence-corrected chi connectivity index (χ3v) is 3.19. The smallest absolute Gasteiger partial charge is 0.245 e. The zero-order valence-electron chi connectivity index (χ0n) is 11.1. The maximum absolute atomic E-state index is 12.1. The molecule has 1 N–H and O–H groups in total. The van der Waals surface area contributed by atoms with Crippen LogP contribution >= 0.6 is 11.6 Å². The molecule has 2 aromatic rings. The first-order chi connectivity index (χ1) is 10.1. The molecule has 1 atom stereocenters. The van der Waals surface area contributed by atoms with Crippen molar-refractivity contribution in [1.82, 2.24) is 15.1 Å². The topological polar surface area (TPSA) is 87.8 Å². The van der Waals surface area contributed by atoms with E-state index in [4.69, 9.17) is 16.9 Å². The van der Waals surface area contributed by atoms with Gasteiger partial charge < -0.3 is 5.32 Å². The van der Waals surface area contributed by atoms with Gasteiger partial charge in [-0.1, -0.05) is 23.7 Å². The number of hydrogen-bond donors (Lipinski definition) is 1. The number of benzene rings is 1. The summed E-state index contributed by atoms with van der Waals surface area (Å²) in [4.78, 5) is 23.6. The largest absolute Gasteiger partial charge is 0.358 e. The number of amides is 1. The Bertz CT molecular complexity index is 733. The van der Waals surface area contributed by atoms with Gasteiger partial charge in [-0.25, -0.2) is 4.68 Å². The summed E-state index contributed by atoms with van der Waals surface area (Å²) in [5.41, 5.74) is 0.775. The van der Waals surface area contributed by atoms with Crippen LogP contribution in [0.15, 0.2) is 36.7 Å². The molecule has 1 amide bonds. The fourth-order valence-electron chi connectivity index (χ4n) is 1.77. The number of nitriles is 1. The standard InChI is InChI=1S/C14H11ClN4O2/c1-17-14(21)10(6-16)13(20)9-7-18-19(8-9)12-5-3-2-4-11(12)15/h2-5,7-8,10H,1H3,(H,17,21)/t10-/m1/s1. The quantitative estimate of drug-likeness (QED) is 0.686. The number of ketones is 1. The van der Waals surface area contributed by atoms with Crippen molar-refractivity contribution in [3.63, 3.8) is 0 Å². The maximum Gasteiger partial charge on any atom is 0.245 e. The number of rotatable bonds is 4. The van der Waals surface area contributed by atoms with Crippen LogP contribution in [0.2, 0.25) is 5.02 Å². The van der Waals surface area contributed by atoms with Crippen molar-refractivity contribution in [2.45, 2.75) is 0 Å². The average molecular weight is 303 g/mol. The number of carbonyl (C=O) groups is 2. The van der Waals surface area contributed by atoms with Gasteiger partial charge in [0.2, 0.25) is 5.91 Å². The molecule has 1 aromatic carbocycles. The molecule has 0 saturated carbocycles. The van der Waals surface area contributed by atoms with Gasteiger partial charge in [-0.05, 0) is 12.1 Å². The lowest BCUT2D eigenvalue weighted by Gasteiger charge is -2.05. The zero-order chi connectivity index (χ0) is 15.4. The number of carbonyl (C=O) groups excluding carboxylic acids is 2. The Balaban J connectivity index is 2.32. The Hall–Kier alpha value is -2.65. The van der Waals surface area contributed by atoms with Crippen molar-refractivity contribution in [1.29, 1.82) is 5.26 Å². The van der Waals surface area contributed by atoms with Crippen molar-refractivity contribution in [2.24, 2.45) is 5.92 Å².